The summed E-state index contributed by atoms with van der Waals surface area (Å²) in [5, 5.41) is 8.16. The Bertz CT molecular complexity index is 1790. The van der Waals surface area contributed by atoms with E-state index < -0.39 is 0 Å². The van der Waals surface area contributed by atoms with Crippen LogP contribution in [0.15, 0.2) is 91.0 Å². The van der Waals surface area contributed by atoms with Gasteiger partial charge in [-0.05, 0) is 67.8 Å². The third kappa shape index (κ3) is 3.27. The Morgan fingerprint density at radius 2 is 1.25 bits per heavy atom. The quantitative estimate of drug-likeness (QED) is 0.216. The Labute approximate surface area is 218 Å². The summed E-state index contributed by atoms with van der Waals surface area (Å²) in [4.78, 5) is 0. The molecule has 0 unspecified atom stereocenters. The van der Waals surface area contributed by atoms with Crippen LogP contribution in [-0.4, -0.2) is 6.71 Å². The lowest BCUT2D eigenvalue weighted by Gasteiger charge is -2.35. The highest BCUT2D eigenvalue weighted by Gasteiger charge is 2.48. The molecule has 2 heterocycles. The smallest absolute Gasteiger partial charge is 0.135 e. The number of fused-ring (bicyclic) bond motifs is 5. The molecule has 0 atom stereocenters. The number of thiophene rings is 1. The van der Waals surface area contributed by atoms with Crippen LogP contribution in [0.5, 0.6) is 0 Å². The molecule has 0 spiro atoms. The summed E-state index contributed by atoms with van der Waals surface area (Å²) in [6.45, 7) is 10.4. The third-order valence-electron chi connectivity index (χ3n) is 9.39. The Morgan fingerprint density at radius 3 is 2.03 bits per heavy atom. The summed E-state index contributed by atoms with van der Waals surface area (Å²) in [7, 11) is 0. The maximum Gasteiger partial charge on any atom is 0.177 e. The topological polar surface area (TPSA) is 0 Å². The zero-order valence-electron chi connectivity index (χ0n) is 21.6. The molecule has 1 fully saturated rings. The Kier molecular flexibility index (Phi) is 4.73. The summed E-state index contributed by atoms with van der Waals surface area (Å²) >= 11 is 1.90. The monoisotopic (exact) mass is 482 g/mol. The molecule has 1 aliphatic heterocycles. The van der Waals surface area contributed by atoms with Crippen LogP contribution in [0.1, 0.15) is 27.7 Å². The summed E-state index contributed by atoms with van der Waals surface area (Å²) in [6.07, 6.45) is 2.51. The van der Waals surface area contributed by atoms with Gasteiger partial charge in [-0.15, -0.1) is 11.3 Å². The number of hydrogen-bond donors (Lipinski definition) is 0. The fourth-order valence-corrected chi connectivity index (χ4v) is 7.77. The number of hydrogen-bond acceptors (Lipinski definition) is 1. The van der Waals surface area contributed by atoms with E-state index >= 15 is 0 Å². The van der Waals surface area contributed by atoms with Gasteiger partial charge in [-0.2, -0.15) is 0 Å². The number of benzene rings is 5. The van der Waals surface area contributed by atoms with Gasteiger partial charge in [-0.1, -0.05) is 113 Å². The van der Waals surface area contributed by atoms with Gasteiger partial charge >= 0.3 is 0 Å². The minimum absolute atomic E-state index is 0.354. The third-order valence-corrected chi connectivity index (χ3v) is 10.5. The first-order chi connectivity index (χ1) is 17.3. The summed E-state index contributed by atoms with van der Waals surface area (Å²) < 4.78 is 2.73. The van der Waals surface area contributed by atoms with Crippen LogP contribution in [0.2, 0.25) is 12.6 Å². The van der Waals surface area contributed by atoms with Crippen LogP contribution in [0.4, 0.5) is 0 Å². The van der Waals surface area contributed by atoms with Crippen molar-refractivity contribution in [1.29, 1.82) is 0 Å². The van der Waals surface area contributed by atoms with Crippen molar-refractivity contribution in [2.75, 3.05) is 0 Å². The van der Waals surface area contributed by atoms with Gasteiger partial charge in [0.25, 0.3) is 0 Å². The standard InChI is InChI=1S/C34H31BS/c1-33(2)20-35(21-34(33,3)4)30-14-8-12-26-25(11-7-13-27(26)30)24-15-16-31-28(18-24)29-17-22-9-5-6-10-23(22)19-32(29)36-31/h5-19H,20-21H2,1-4H3. The Hall–Kier alpha value is -3.10. The van der Waals surface area contributed by atoms with Crippen molar-refractivity contribution < 1.29 is 0 Å². The van der Waals surface area contributed by atoms with Crippen molar-refractivity contribution in [3.8, 4) is 11.1 Å². The first-order valence-electron chi connectivity index (χ1n) is 13.2. The van der Waals surface area contributed by atoms with E-state index in [-0.39, 0.29) is 0 Å². The molecule has 1 aromatic heterocycles. The minimum atomic E-state index is 0.354. The summed E-state index contributed by atoms with van der Waals surface area (Å²) in [5.74, 6) is 0. The van der Waals surface area contributed by atoms with E-state index in [1.165, 1.54) is 70.9 Å². The van der Waals surface area contributed by atoms with Gasteiger partial charge in [-0.25, -0.2) is 0 Å². The molecular weight excluding hydrogens is 451 g/mol. The summed E-state index contributed by atoms with van der Waals surface area (Å²) in [6, 6.07) is 34.4. The van der Waals surface area contributed by atoms with Gasteiger partial charge in [0, 0.05) is 20.2 Å². The van der Waals surface area contributed by atoms with E-state index in [1.807, 2.05) is 11.3 Å². The molecule has 0 radical (unpaired) electrons. The zero-order valence-corrected chi connectivity index (χ0v) is 22.4. The summed E-state index contributed by atoms with van der Waals surface area (Å²) in [5.41, 5.74) is 4.89. The van der Waals surface area contributed by atoms with Gasteiger partial charge in [0.2, 0.25) is 0 Å². The van der Waals surface area contributed by atoms with Crippen LogP contribution >= 0.6 is 11.3 Å². The SMILES string of the molecule is CC1(C)CB(c2cccc3c(-c4ccc5sc6cc7ccccc7cc6c5c4)cccc23)CC1(C)C. The van der Waals surface area contributed by atoms with E-state index in [0.29, 0.717) is 17.5 Å². The second kappa shape index (κ2) is 7.70. The lowest BCUT2D eigenvalue weighted by molar-refractivity contribution is 0.177. The van der Waals surface area contributed by atoms with E-state index in [0.717, 1.165) is 0 Å². The maximum absolute atomic E-state index is 2.45. The highest BCUT2D eigenvalue weighted by atomic mass is 32.1. The second-order valence-corrected chi connectivity index (χ2v) is 13.2. The minimum Gasteiger partial charge on any atom is -0.135 e. The average Bonchev–Trinajstić information content (AvgIpc) is 3.33. The highest BCUT2D eigenvalue weighted by Crippen LogP contribution is 2.53. The van der Waals surface area contributed by atoms with Crippen LogP contribution in [0.25, 0.3) is 52.8 Å². The molecule has 36 heavy (non-hydrogen) atoms. The molecule has 0 aliphatic carbocycles. The van der Waals surface area contributed by atoms with Crippen LogP contribution in [0.3, 0.4) is 0 Å². The predicted octanol–water partition coefficient (Wildman–Crippen LogP) is 9.80. The molecule has 7 rings (SSSR count). The van der Waals surface area contributed by atoms with Crippen molar-refractivity contribution in [1.82, 2.24) is 0 Å². The van der Waals surface area contributed by atoms with Crippen molar-refractivity contribution in [3.05, 3.63) is 91.0 Å². The first kappa shape index (κ1) is 22.1. The molecule has 1 aliphatic rings. The Balaban J connectivity index is 1.39. The fraction of sp³-hybridized carbons (Fsp3) is 0.235. The lowest BCUT2D eigenvalue weighted by atomic mass is 9.41. The van der Waals surface area contributed by atoms with Gasteiger partial charge in [-0.3, -0.25) is 0 Å². The molecule has 176 valence electrons. The van der Waals surface area contributed by atoms with Crippen LogP contribution in [0, 0.1) is 10.8 Å². The van der Waals surface area contributed by atoms with Crippen molar-refractivity contribution >= 4 is 65.2 Å². The molecule has 0 N–H and O–H groups in total. The second-order valence-electron chi connectivity index (χ2n) is 12.1. The predicted molar refractivity (Wildman–Crippen MR) is 162 cm³/mol. The molecule has 2 heteroatoms. The van der Waals surface area contributed by atoms with Gasteiger partial charge in [0.05, 0.1) is 0 Å². The van der Waals surface area contributed by atoms with E-state index in [4.69, 9.17) is 0 Å². The first-order valence-corrected chi connectivity index (χ1v) is 14.0. The van der Waals surface area contributed by atoms with Crippen molar-refractivity contribution in [3.63, 3.8) is 0 Å². The van der Waals surface area contributed by atoms with E-state index in [2.05, 4.69) is 119 Å². The number of rotatable bonds is 2. The van der Waals surface area contributed by atoms with E-state index in [1.54, 1.807) is 0 Å². The molecule has 0 nitrogen and oxygen atoms in total. The molecule has 0 bridgehead atoms. The zero-order chi connectivity index (χ0) is 24.7. The molecule has 6 aromatic rings. The van der Waals surface area contributed by atoms with E-state index in [9.17, 15) is 0 Å². The Morgan fingerprint density at radius 1 is 0.583 bits per heavy atom. The molecule has 0 saturated carbocycles. The lowest BCUT2D eigenvalue weighted by Crippen LogP contribution is -2.28. The van der Waals surface area contributed by atoms with Crippen LogP contribution in [-0.2, 0) is 0 Å². The molecule has 5 aromatic carbocycles. The van der Waals surface area contributed by atoms with Crippen LogP contribution < -0.4 is 5.46 Å². The largest absolute Gasteiger partial charge is 0.177 e. The van der Waals surface area contributed by atoms with Gasteiger partial charge < -0.3 is 0 Å². The van der Waals surface area contributed by atoms with Gasteiger partial charge in [0.15, 0.2) is 6.71 Å². The highest BCUT2D eigenvalue weighted by molar-refractivity contribution is 7.25. The van der Waals surface area contributed by atoms with Crippen molar-refractivity contribution in [2.24, 2.45) is 10.8 Å². The molecular formula is C34H31BS. The van der Waals surface area contributed by atoms with Gasteiger partial charge in [0.1, 0.15) is 0 Å². The maximum atomic E-state index is 2.45. The van der Waals surface area contributed by atoms with Crippen molar-refractivity contribution in [2.45, 2.75) is 40.3 Å². The molecule has 0 amide bonds. The fourth-order valence-electron chi connectivity index (χ4n) is 6.65. The average molecular weight is 483 g/mol. The normalized spacial score (nSPS) is 17.1. The molecule has 1 saturated heterocycles.